The van der Waals surface area contributed by atoms with Crippen LogP contribution in [0.15, 0.2) is 0 Å². The standard InChI is InChI=1S/C6H10O5.K.H/c7-3-4-11-6(10)2-1-5(8)9;;/h7H,1-4H2,(H,8,9);;. The van der Waals surface area contributed by atoms with Gasteiger partial charge >= 0.3 is 63.3 Å². The molecule has 5 nitrogen and oxygen atoms in total. The van der Waals surface area contributed by atoms with Crippen LogP contribution in [-0.2, 0) is 14.3 Å². The van der Waals surface area contributed by atoms with Gasteiger partial charge in [0.15, 0.2) is 0 Å². The van der Waals surface area contributed by atoms with Gasteiger partial charge in [-0.1, -0.05) is 0 Å². The van der Waals surface area contributed by atoms with Crippen molar-refractivity contribution in [3.8, 4) is 0 Å². The Bertz CT molecular complexity index is 147. The van der Waals surface area contributed by atoms with Crippen LogP contribution in [0, 0.1) is 0 Å². The summed E-state index contributed by atoms with van der Waals surface area (Å²) in [6.07, 6.45) is -0.375. The molecule has 0 bridgehead atoms. The molecule has 12 heavy (non-hydrogen) atoms. The van der Waals surface area contributed by atoms with E-state index in [1.54, 1.807) is 0 Å². The zero-order valence-corrected chi connectivity index (χ0v) is 5.95. The molecule has 2 N–H and O–H groups in total. The molecule has 0 radical (unpaired) electrons. The van der Waals surface area contributed by atoms with Crippen LogP contribution in [0.1, 0.15) is 12.8 Å². The number of aliphatic hydroxyl groups is 1. The van der Waals surface area contributed by atoms with E-state index in [2.05, 4.69) is 4.74 Å². The minimum atomic E-state index is -1.04. The zero-order valence-electron chi connectivity index (χ0n) is 5.95. The van der Waals surface area contributed by atoms with Crippen molar-refractivity contribution in [3.63, 3.8) is 0 Å². The summed E-state index contributed by atoms with van der Waals surface area (Å²) < 4.78 is 4.39. The summed E-state index contributed by atoms with van der Waals surface area (Å²) in [4.78, 5) is 20.4. The fraction of sp³-hybridized carbons (Fsp3) is 0.667. The summed E-state index contributed by atoms with van der Waals surface area (Å²) in [7, 11) is 0. The normalized spacial score (nSPS) is 8.42. The molecule has 0 aromatic heterocycles. The first-order valence-electron chi connectivity index (χ1n) is 3.15. The Kier molecular flexibility index (Phi) is 12.1. The van der Waals surface area contributed by atoms with Crippen LogP contribution >= 0.6 is 0 Å². The number of ether oxygens (including phenoxy) is 1. The van der Waals surface area contributed by atoms with E-state index < -0.39 is 11.9 Å². The Balaban J connectivity index is 0. The zero-order chi connectivity index (χ0) is 8.69. The summed E-state index contributed by atoms with van der Waals surface area (Å²) in [6.45, 7) is -0.308. The number of rotatable bonds is 5. The number of carboxylic acids is 1. The van der Waals surface area contributed by atoms with Crippen LogP contribution < -0.4 is 0 Å². The molecule has 0 aliphatic rings. The summed E-state index contributed by atoms with van der Waals surface area (Å²) in [5, 5.41) is 16.3. The van der Waals surface area contributed by atoms with Crippen molar-refractivity contribution < 1.29 is 24.5 Å². The predicted octanol–water partition coefficient (Wildman–Crippen LogP) is -1.26. The van der Waals surface area contributed by atoms with Gasteiger partial charge in [0, 0.05) is 0 Å². The van der Waals surface area contributed by atoms with Crippen molar-refractivity contribution >= 4 is 63.3 Å². The quantitative estimate of drug-likeness (QED) is 0.429. The van der Waals surface area contributed by atoms with Crippen molar-refractivity contribution in [3.05, 3.63) is 0 Å². The van der Waals surface area contributed by atoms with E-state index in [1.165, 1.54) is 0 Å². The van der Waals surface area contributed by atoms with Crippen molar-refractivity contribution in [1.29, 1.82) is 0 Å². The number of hydrogen-bond acceptors (Lipinski definition) is 4. The first-order chi connectivity index (χ1) is 5.16. The van der Waals surface area contributed by atoms with E-state index >= 15 is 0 Å². The molecule has 0 spiro atoms. The van der Waals surface area contributed by atoms with E-state index in [1.807, 2.05) is 0 Å². The van der Waals surface area contributed by atoms with Gasteiger partial charge in [0.25, 0.3) is 0 Å². The second-order valence-corrected chi connectivity index (χ2v) is 1.84. The van der Waals surface area contributed by atoms with Gasteiger partial charge in [-0.05, 0) is 0 Å². The SMILES string of the molecule is O=C(O)CCC(=O)OCCO.[KH]. The molecular weight excluding hydrogens is 191 g/mol. The third kappa shape index (κ3) is 10.5. The minimum absolute atomic E-state index is 0. The summed E-state index contributed by atoms with van der Waals surface area (Å²) in [5.41, 5.74) is 0. The topological polar surface area (TPSA) is 83.8 Å². The fourth-order valence-corrected chi connectivity index (χ4v) is 0.441. The molecule has 0 saturated carbocycles. The first-order valence-corrected chi connectivity index (χ1v) is 3.15. The molecule has 0 saturated heterocycles. The van der Waals surface area contributed by atoms with Gasteiger partial charge in [-0.2, -0.15) is 0 Å². The van der Waals surface area contributed by atoms with Crippen LogP contribution in [0.2, 0.25) is 0 Å². The molecule has 0 aromatic rings. The summed E-state index contributed by atoms with van der Waals surface area (Å²) >= 11 is 0. The molecule has 0 rings (SSSR count). The molecule has 0 aliphatic carbocycles. The molecule has 0 amide bonds. The number of esters is 1. The Hall–Kier alpha value is 0.536. The maximum atomic E-state index is 10.5. The Morgan fingerprint density at radius 2 is 1.83 bits per heavy atom. The number of hydrogen-bond donors (Lipinski definition) is 2. The van der Waals surface area contributed by atoms with Crippen LogP contribution in [0.5, 0.6) is 0 Å². The molecule has 0 heterocycles. The van der Waals surface area contributed by atoms with Crippen molar-refractivity contribution in [1.82, 2.24) is 0 Å². The number of carbonyl (C=O) groups is 2. The van der Waals surface area contributed by atoms with Gasteiger partial charge in [-0.15, -0.1) is 0 Å². The second kappa shape index (κ2) is 9.62. The molecule has 0 atom stereocenters. The van der Waals surface area contributed by atoms with Crippen molar-refractivity contribution in [2.24, 2.45) is 0 Å². The van der Waals surface area contributed by atoms with Gasteiger partial charge in [-0.3, -0.25) is 9.59 Å². The third-order valence-electron chi connectivity index (χ3n) is 0.897. The average molecular weight is 202 g/mol. The molecular formula is C6H11KO5. The van der Waals surface area contributed by atoms with E-state index in [0.717, 1.165) is 0 Å². The molecule has 0 aromatic carbocycles. The van der Waals surface area contributed by atoms with Crippen LogP contribution in [0.4, 0.5) is 0 Å². The van der Waals surface area contributed by atoms with E-state index in [0.29, 0.717) is 0 Å². The number of aliphatic carboxylic acids is 1. The molecule has 0 aliphatic heterocycles. The second-order valence-electron chi connectivity index (χ2n) is 1.84. The third-order valence-corrected chi connectivity index (χ3v) is 0.897. The van der Waals surface area contributed by atoms with Gasteiger partial charge in [-0.25, -0.2) is 0 Å². The molecule has 0 fully saturated rings. The molecule has 66 valence electrons. The number of carboxylic acid groups (broad SMARTS) is 1. The van der Waals surface area contributed by atoms with E-state index in [9.17, 15) is 9.59 Å². The Morgan fingerprint density at radius 3 is 2.25 bits per heavy atom. The predicted molar refractivity (Wildman–Crippen MR) is 42.1 cm³/mol. The van der Waals surface area contributed by atoms with Gasteiger partial charge < -0.3 is 14.9 Å². The average Bonchev–Trinajstić information content (AvgIpc) is 1.97. The van der Waals surface area contributed by atoms with E-state index in [-0.39, 0.29) is 77.4 Å². The number of aliphatic hydroxyl groups excluding tert-OH is 1. The maximum absolute atomic E-state index is 10.5. The fourth-order valence-electron chi connectivity index (χ4n) is 0.441. The monoisotopic (exact) mass is 202 g/mol. The summed E-state index contributed by atoms with van der Waals surface area (Å²) in [5.74, 6) is -1.63. The summed E-state index contributed by atoms with van der Waals surface area (Å²) in [6, 6.07) is 0. The van der Waals surface area contributed by atoms with Gasteiger partial charge in [0.05, 0.1) is 19.4 Å². The molecule has 6 heteroatoms. The van der Waals surface area contributed by atoms with Crippen LogP contribution in [-0.4, -0.2) is 86.7 Å². The molecule has 0 unspecified atom stereocenters. The Labute approximate surface area is 113 Å². The van der Waals surface area contributed by atoms with Crippen LogP contribution in [0.3, 0.4) is 0 Å². The first kappa shape index (κ1) is 15.0. The van der Waals surface area contributed by atoms with E-state index in [4.69, 9.17) is 10.2 Å². The van der Waals surface area contributed by atoms with Gasteiger partial charge in [0.2, 0.25) is 0 Å². The number of carbonyl (C=O) groups excluding carboxylic acids is 1. The van der Waals surface area contributed by atoms with Crippen molar-refractivity contribution in [2.75, 3.05) is 13.2 Å². The Morgan fingerprint density at radius 1 is 1.25 bits per heavy atom. The van der Waals surface area contributed by atoms with Gasteiger partial charge in [0.1, 0.15) is 6.61 Å². The van der Waals surface area contributed by atoms with Crippen molar-refractivity contribution in [2.45, 2.75) is 12.8 Å². The van der Waals surface area contributed by atoms with Crippen LogP contribution in [0.25, 0.3) is 0 Å².